The quantitative estimate of drug-likeness (QED) is 0.820. The van der Waals surface area contributed by atoms with Crippen LogP contribution < -0.4 is 10.0 Å². The predicted molar refractivity (Wildman–Crippen MR) is 78.0 cm³/mol. The highest BCUT2D eigenvalue weighted by molar-refractivity contribution is 9.10. The number of hydrogen-bond donors (Lipinski definition) is 2. The standard InChI is InChI=1S/C11H13BrN4O3S/c1-2-4-13-11-9(6-8(12)7-14-11)20(17,18)16-10-3-5-19-15-10/h3,5-7H,2,4H2,1H3,(H,13,14)(H,15,16). The van der Waals surface area contributed by atoms with E-state index in [1.807, 2.05) is 6.92 Å². The summed E-state index contributed by atoms with van der Waals surface area (Å²) in [6.45, 7) is 2.61. The van der Waals surface area contributed by atoms with Gasteiger partial charge in [0.15, 0.2) is 5.82 Å². The van der Waals surface area contributed by atoms with Gasteiger partial charge < -0.3 is 9.84 Å². The fourth-order valence-electron chi connectivity index (χ4n) is 1.46. The molecule has 0 unspecified atom stereocenters. The van der Waals surface area contributed by atoms with Gasteiger partial charge >= 0.3 is 0 Å². The number of halogens is 1. The Morgan fingerprint density at radius 2 is 2.25 bits per heavy atom. The molecule has 2 aromatic heterocycles. The lowest BCUT2D eigenvalue weighted by atomic mass is 10.4. The summed E-state index contributed by atoms with van der Waals surface area (Å²) in [6.07, 6.45) is 3.67. The first-order valence-electron chi connectivity index (χ1n) is 5.85. The number of anilines is 2. The third-order valence-corrected chi connectivity index (χ3v) is 4.13. The van der Waals surface area contributed by atoms with Crippen molar-refractivity contribution >= 4 is 37.6 Å². The fraction of sp³-hybridized carbons (Fsp3) is 0.273. The van der Waals surface area contributed by atoms with Gasteiger partial charge in [-0.15, -0.1) is 0 Å². The van der Waals surface area contributed by atoms with E-state index in [4.69, 9.17) is 0 Å². The number of pyridine rings is 1. The zero-order valence-corrected chi connectivity index (χ0v) is 13.0. The Bertz CT molecular complexity index is 673. The molecule has 0 radical (unpaired) electrons. The molecule has 0 aromatic carbocycles. The van der Waals surface area contributed by atoms with Crippen molar-refractivity contribution in [1.29, 1.82) is 0 Å². The van der Waals surface area contributed by atoms with E-state index in [-0.39, 0.29) is 10.7 Å². The van der Waals surface area contributed by atoms with Crippen LogP contribution in [0.2, 0.25) is 0 Å². The summed E-state index contributed by atoms with van der Waals surface area (Å²) in [6, 6.07) is 2.90. The lowest BCUT2D eigenvalue weighted by Gasteiger charge is -2.11. The van der Waals surface area contributed by atoms with E-state index in [1.165, 1.54) is 24.6 Å². The topological polar surface area (TPSA) is 97.1 Å². The van der Waals surface area contributed by atoms with Gasteiger partial charge in [0, 0.05) is 23.3 Å². The molecule has 0 amide bonds. The average molecular weight is 361 g/mol. The Kier molecular flexibility index (Phi) is 4.61. The number of nitrogens with one attached hydrogen (secondary N) is 2. The molecule has 0 saturated heterocycles. The summed E-state index contributed by atoms with van der Waals surface area (Å²) in [4.78, 5) is 4.14. The molecule has 0 aliphatic heterocycles. The first-order valence-corrected chi connectivity index (χ1v) is 8.13. The molecule has 2 aromatic rings. The molecule has 7 nitrogen and oxygen atoms in total. The van der Waals surface area contributed by atoms with Gasteiger partial charge in [0.1, 0.15) is 17.0 Å². The Labute approximate surface area is 124 Å². The van der Waals surface area contributed by atoms with Crippen molar-refractivity contribution in [2.75, 3.05) is 16.6 Å². The summed E-state index contributed by atoms with van der Waals surface area (Å²) in [5.74, 6) is 0.414. The van der Waals surface area contributed by atoms with Gasteiger partial charge in [-0.1, -0.05) is 12.1 Å². The second-order valence-electron chi connectivity index (χ2n) is 3.92. The molecule has 0 spiro atoms. The van der Waals surface area contributed by atoms with Gasteiger partial charge in [0.25, 0.3) is 10.0 Å². The van der Waals surface area contributed by atoms with Crippen LogP contribution >= 0.6 is 15.9 Å². The minimum atomic E-state index is -3.79. The molecule has 0 saturated carbocycles. The zero-order valence-electron chi connectivity index (χ0n) is 10.6. The van der Waals surface area contributed by atoms with Crippen molar-refractivity contribution in [1.82, 2.24) is 10.1 Å². The summed E-state index contributed by atoms with van der Waals surface area (Å²) >= 11 is 3.22. The highest BCUT2D eigenvalue weighted by atomic mass is 79.9. The first-order chi connectivity index (χ1) is 9.53. The van der Waals surface area contributed by atoms with Gasteiger partial charge in [0.2, 0.25) is 0 Å². The summed E-state index contributed by atoms with van der Waals surface area (Å²) in [5.41, 5.74) is 0. The van der Waals surface area contributed by atoms with Crippen LogP contribution in [0.15, 0.2) is 38.5 Å². The van der Waals surface area contributed by atoms with Crippen LogP contribution in [-0.4, -0.2) is 25.1 Å². The van der Waals surface area contributed by atoms with Gasteiger partial charge in [0.05, 0.1) is 0 Å². The first kappa shape index (κ1) is 14.8. The van der Waals surface area contributed by atoms with Crippen molar-refractivity contribution in [2.24, 2.45) is 0 Å². The fourth-order valence-corrected chi connectivity index (χ4v) is 3.09. The predicted octanol–water partition coefficient (Wildman–Crippen LogP) is 2.45. The van der Waals surface area contributed by atoms with E-state index in [0.29, 0.717) is 16.8 Å². The Morgan fingerprint density at radius 3 is 2.90 bits per heavy atom. The molecule has 0 aliphatic carbocycles. The Morgan fingerprint density at radius 1 is 1.45 bits per heavy atom. The van der Waals surface area contributed by atoms with Crippen LogP contribution in [0, 0.1) is 0 Å². The molecule has 2 rings (SSSR count). The molecule has 9 heteroatoms. The lowest BCUT2D eigenvalue weighted by Crippen LogP contribution is -2.17. The molecule has 0 aliphatic rings. The minimum Gasteiger partial charge on any atom is -0.369 e. The second kappa shape index (κ2) is 6.23. The van der Waals surface area contributed by atoms with E-state index in [1.54, 1.807) is 0 Å². The normalized spacial score (nSPS) is 11.3. The van der Waals surface area contributed by atoms with Crippen LogP contribution in [0.25, 0.3) is 0 Å². The van der Waals surface area contributed by atoms with Crippen molar-refractivity contribution < 1.29 is 12.9 Å². The average Bonchev–Trinajstić information content (AvgIpc) is 2.89. The number of hydrogen-bond acceptors (Lipinski definition) is 6. The molecular weight excluding hydrogens is 348 g/mol. The number of sulfonamides is 1. The van der Waals surface area contributed by atoms with Crippen molar-refractivity contribution in [3.05, 3.63) is 29.1 Å². The third-order valence-electron chi connectivity index (χ3n) is 2.33. The molecule has 0 fully saturated rings. The molecule has 2 heterocycles. The summed E-state index contributed by atoms with van der Waals surface area (Å²) in [7, 11) is -3.79. The smallest absolute Gasteiger partial charge is 0.266 e. The van der Waals surface area contributed by atoms with Crippen molar-refractivity contribution in [2.45, 2.75) is 18.2 Å². The highest BCUT2D eigenvalue weighted by Crippen LogP contribution is 2.24. The summed E-state index contributed by atoms with van der Waals surface area (Å²) in [5, 5.41) is 6.50. The number of rotatable bonds is 6. The monoisotopic (exact) mass is 360 g/mol. The van der Waals surface area contributed by atoms with Gasteiger partial charge in [-0.25, -0.2) is 13.4 Å². The van der Waals surface area contributed by atoms with Crippen LogP contribution in [0.3, 0.4) is 0 Å². The SMILES string of the molecule is CCCNc1ncc(Br)cc1S(=O)(=O)Nc1ccon1. The summed E-state index contributed by atoms with van der Waals surface area (Å²) < 4.78 is 32.2. The molecule has 0 bridgehead atoms. The largest absolute Gasteiger partial charge is 0.369 e. The van der Waals surface area contributed by atoms with E-state index in [0.717, 1.165) is 6.42 Å². The number of nitrogens with zero attached hydrogens (tertiary/aromatic N) is 2. The van der Waals surface area contributed by atoms with Gasteiger partial charge in [-0.2, -0.15) is 0 Å². The molecule has 20 heavy (non-hydrogen) atoms. The third kappa shape index (κ3) is 3.48. The minimum absolute atomic E-state index is 0.0447. The molecule has 108 valence electrons. The second-order valence-corrected chi connectivity index (χ2v) is 6.48. The van der Waals surface area contributed by atoms with Gasteiger partial charge in [-0.3, -0.25) is 4.72 Å². The molecule has 2 N–H and O–H groups in total. The number of aromatic nitrogens is 2. The van der Waals surface area contributed by atoms with E-state index in [2.05, 4.69) is 40.6 Å². The van der Waals surface area contributed by atoms with E-state index >= 15 is 0 Å². The Hall–Kier alpha value is -1.61. The van der Waals surface area contributed by atoms with Crippen LogP contribution in [-0.2, 0) is 10.0 Å². The van der Waals surface area contributed by atoms with Crippen LogP contribution in [0.5, 0.6) is 0 Å². The van der Waals surface area contributed by atoms with E-state index < -0.39 is 10.0 Å². The van der Waals surface area contributed by atoms with E-state index in [9.17, 15) is 8.42 Å². The zero-order chi connectivity index (χ0) is 14.6. The maximum absolute atomic E-state index is 12.3. The van der Waals surface area contributed by atoms with Gasteiger partial charge in [-0.05, 0) is 28.4 Å². The van der Waals surface area contributed by atoms with Crippen molar-refractivity contribution in [3.63, 3.8) is 0 Å². The molecule has 0 atom stereocenters. The van der Waals surface area contributed by atoms with Crippen LogP contribution in [0.1, 0.15) is 13.3 Å². The highest BCUT2D eigenvalue weighted by Gasteiger charge is 2.21. The lowest BCUT2D eigenvalue weighted by molar-refractivity contribution is 0.423. The maximum atomic E-state index is 12.3. The maximum Gasteiger partial charge on any atom is 0.266 e. The van der Waals surface area contributed by atoms with Crippen LogP contribution in [0.4, 0.5) is 11.6 Å². The van der Waals surface area contributed by atoms with Crippen molar-refractivity contribution in [3.8, 4) is 0 Å². The molecular formula is C11H13BrN4O3S. The Balaban J connectivity index is 2.36.